The number of aromatic amines is 1. The Morgan fingerprint density at radius 3 is 2.41 bits per heavy atom. The van der Waals surface area contributed by atoms with Crippen molar-refractivity contribution in [2.45, 2.75) is 57.7 Å². The van der Waals surface area contributed by atoms with Gasteiger partial charge in [0.2, 0.25) is 0 Å². The van der Waals surface area contributed by atoms with Gasteiger partial charge < -0.3 is 10.1 Å². The average Bonchev–Trinajstić information content (AvgIpc) is 2.96. The van der Waals surface area contributed by atoms with Gasteiger partial charge in [0, 0.05) is 34.9 Å². The van der Waals surface area contributed by atoms with Gasteiger partial charge in [-0.2, -0.15) is 13.2 Å². The second kappa shape index (κ2) is 7.13. The molecule has 29 heavy (non-hydrogen) atoms. The number of benzene rings is 1. The number of alkyl halides is 3. The van der Waals surface area contributed by atoms with Crippen LogP contribution in [-0.2, 0) is 11.8 Å². The fraction of sp³-hybridized carbons (Fsp3) is 0.409. The Balaban J connectivity index is 1.98. The van der Waals surface area contributed by atoms with Crippen LogP contribution in [-0.4, -0.2) is 26.9 Å². The Morgan fingerprint density at radius 2 is 1.76 bits per heavy atom. The minimum Gasteiger partial charge on any atom is -0.380 e. The number of fused-ring (bicyclic) bond motifs is 1. The number of halogens is 4. The van der Waals surface area contributed by atoms with E-state index >= 15 is 0 Å². The molecule has 0 aliphatic heterocycles. The average molecular weight is 408 g/mol. The SMILES string of the molecule is Cc1cc2[nH]c(CC(O)(CC(C)(C)c3cc(F)ccc3C)C(F)(F)F)cc2cn1. The highest BCUT2D eigenvalue weighted by molar-refractivity contribution is 5.79. The Bertz CT molecular complexity index is 1040. The summed E-state index contributed by atoms with van der Waals surface area (Å²) in [4.78, 5) is 7.09. The van der Waals surface area contributed by atoms with E-state index < -0.39 is 35.9 Å². The number of rotatable bonds is 5. The van der Waals surface area contributed by atoms with E-state index in [0.717, 1.165) is 5.69 Å². The molecule has 0 radical (unpaired) electrons. The van der Waals surface area contributed by atoms with Crippen molar-refractivity contribution in [2.24, 2.45) is 0 Å². The van der Waals surface area contributed by atoms with Crippen molar-refractivity contribution in [1.29, 1.82) is 0 Å². The van der Waals surface area contributed by atoms with Crippen LogP contribution in [0, 0.1) is 19.7 Å². The summed E-state index contributed by atoms with van der Waals surface area (Å²) >= 11 is 0. The minimum absolute atomic E-state index is 0.263. The topological polar surface area (TPSA) is 48.9 Å². The smallest absolute Gasteiger partial charge is 0.380 e. The number of nitrogens with one attached hydrogen (secondary N) is 1. The van der Waals surface area contributed by atoms with Gasteiger partial charge in [-0.15, -0.1) is 0 Å². The van der Waals surface area contributed by atoms with E-state index in [4.69, 9.17) is 0 Å². The normalized spacial score (nSPS) is 14.9. The van der Waals surface area contributed by atoms with E-state index in [0.29, 0.717) is 22.0 Å². The summed E-state index contributed by atoms with van der Waals surface area (Å²) < 4.78 is 55.7. The van der Waals surface area contributed by atoms with Crippen LogP contribution in [0.1, 0.15) is 42.8 Å². The second-order valence-corrected chi connectivity index (χ2v) is 8.43. The zero-order valence-corrected chi connectivity index (χ0v) is 16.8. The first-order chi connectivity index (χ1) is 13.3. The van der Waals surface area contributed by atoms with Gasteiger partial charge in [0.25, 0.3) is 0 Å². The molecule has 0 amide bonds. The van der Waals surface area contributed by atoms with Gasteiger partial charge >= 0.3 is 6.18 Å². The van der Waals surface area contributed by atoms with Crippen LogP contribution < -0.4 is 0 Å². The lowest BCUT2D eigenvalue weighted by Gasteiger charge is -2.38. The number of hydrogen-bond acceptors (Lipinski definition) is 2. The number of aryl methyl sites for hydroxylation is 2. The number of pyridine rings is 1. The molecule has 0 bridgehead atoms. The van der Waals surface area contributed by atoms with Crippen molar-refractivity contribution in [3.8, 4) is 0 Å². The summed E-state index contributed by atoms with van der Waals surface area (Å²) in [6, 6.07) is 7.35. The summed E-state index contributed by atoms with van der Waals surface area (Å²) in [5, 5.41) is 11.5. The number of nitrogens with zero attached hydrogens (tertiary/aromatic N) is 1. The summed E-state index contributed by atoms with van der Waals surface area (Å²) in [6.45, 7) is 6.68. The van der Waals surface area contributed by atoms with Gasteiger partial charge in [-0.1, -0.05) is 19.9 Å². The molecule has 1 aromatic carbocycles. The molecule has 156 valence electrons. The molecule has 0 saturated heterocycles. The molecule has 2 aromatic heterocycles. The largest absolute Gasteiger partial charge is 0.417 e. The number of aromatic nitrogens is 2. The highest BCUT2D eigenvalue weighted by Crippen LogP contribution is 2.43. The van der Waals surface area contributed by atoms with Crippen molar-refractivity contribution < 1.29 is 22.7 Å². The van der Waals surface area contributed by atoms with E-state index in [2.05, 4.69) is 9.97 Å². The molecule has 1 unspecified atom stereocenters. The Labute approximate surface area is 166 Å². The maximum atomic E-state index is 14.0. The van der Waals surface area contributed by atoms with Crippen LogP contribution in [0.25, 0.3) is 10.9 Å². The zero-order valence-electron chi connectivity index (χ0n) is 16.8. The molecule has 0 spiro atoms. The van der Waals surface area contributed by atoms with Gasteiger partial charge in [-0.05, 0) is 61.1 Å². The van der Waals surface area contributed by atoms with Gasteiger partial charge in [0.05, 0.1) is 0 Å². The highest BCUT2D eigenvalue weighted by Gasteiger charge is 2.56. The molecule has 3 rings (SSSR count). The Kier molecular flexibility index (Phi) is 5.24. The van der Waals surface area contributed by atoms with E-state index in [9.17, 15) is 22.7 Å². The van der Waals surface area contributed by atoms with E-state index in [1.165, 1.54) is 18.2 Å². The zero-order chi connectivity index (χ0) is 21.6. The van der Waals surface area contributed by atoms with E-state index in [1.54, 1.807) is 46.0 Å². The highest BCUT2D eigenvalue weighted by atomic mass is 19.4. The van der Waals surface area contributed by atoms with Gasteiger partial charge in [-0.25, -0.2) is 4.39 Å². The van der Waals surface area contributed by atoms with Crippen LogP contribution in [0.2, 0.25) is 0 Å². The first-order valence-electron chi connectivity index (χ1n) is 9.31. The van der Waals surface area contributed by atoms with Gasteiger partial charge in [0.15, 0.2) is 5.60 Å². The number of H-pyrrole nitrogens is 1. The molecule has 2 heterocycles. The number of hydrogen-bond donors (Lipinski definition) is 2. The monoisotopic (exact) mass is 408 g/mol. The Morgan fingerprint density at radius 1 is 1.07 bits per heavy atom. The van der Waals surface area contributed by atoms with Crippen molar-refractivity contribution in [3.63, 3.8) is 0 Å². The molecular formula is C22H24F4N2O. The summed E-state index contributed by atoms with van der Waals surface area (Å²) in [5.74, 6) is -0.521. The lowest BCUT2D eigenvalue weighted by molar-refractivity contribution is -0.266. The molecule has 2 N–H and O–H groups in total. The summed E-state index contributed by atoms with van der Waals surface area (Å²) in [7, 11) is 0. The molecule has 0 fully saturated rings. The van der Waals surface area contributed by atoms with Crippen molar-refractivity contribution in [3.05, 3.63) is 64.9 Å². The van der Waals surface area contributed by atoms with Crippen LogP contribution in [0.4, 0.5) is 17.6 Å². The molecule has 3 nitrogen and oxygen atoms in total. The van der Waals surface area contributed by atoms with Crippen LogP contribution in [0.3, 0.4) is 0 Å². The van der Waals surface area contributed by atoms with Gasteiger partial charge in [0.1, 0.15) is 5.82 Å². The third kappa shape index (κ3) is 4.29. The van der Waals surface area contributed by atoms with E-state index in [1.807, 2.05) is 0 Å². The minimum atomic E-state index is -4.86. The summed E-state index contributed by atoms with van der Waals surface area (Å²) in [5.41, 5.74) is -1.32. The molecule has 0 saturated carbocycles. The lowest BCUT2D eigenvalue weighted by Crippen LogP contribution is -2.51. The molecular weight excluding hydrogens is 384 g/mol. The molecule has 3 aromatic rings. The molecule has 0 aliphatic rings. The Hall–Kier alpha value is -2.41. The third-order valence-corrected chi connectivity index (χ3v) is 5.37. The van der Waals surface area contributed by atoms with Gasteiger partial charge in [-0.3, -0.25) is 4.98 Å². The van der Waals surface area contributed by atoms with Crippen LogP contribution in [0.15, 0.2) is 36.5 Å². The maximum absolute atomic E-state index is 14.0. The predicted octanol–water partition coefficient (Wildman–Crippen LogP) is 5.52. The molecule has 7 heteroatoms. The van der Waals surface area contributed by atoms with Crippen LogP contribution >= 0.6 is 0 Å². The van der Waals surface area contributed by atoms with E-state index in [-0.39, 0.29) is 5.69 Å². The molecule has 0 aliphatic carbocycles. The lowest BCUT2D eigenvalue weighted by atomic mass is 9.72. The standard InChI is InChI=1S/C22H24F4N2O/c1-13-5-6-16(23)9-18(13)20(3,4)12-21(29,22(24,25)26)10-17-8-15-11-27-14(2)7-19(15)28-17/h5-9,11,28-29H,10,12H2,1-4H3. The van der Waals surface area contributed by atoms with Crippen molar-refractivity contribution in [2.75, 3.05) is 0 Å². The second-order valence-electron chi connectivity index (χ2n) is 8.43. The first-order valence-corrected chi connectivity index (χ1v) is 9.31. The maximum Gasteiger partial charge on any atom is 0.417 e. The van der Waals surface area contributed by atoms with Crippen LogP contribution in [0.5, 0.6) is 0 Å². The third-order valence-electron chi connectivity index (χ3n) is 5.37. The predicted molar refractivity (Wildman–Crippen MR) is 104 cm³/mol. The summed E-state index contributed by atoms with van der Waals surface area (Å²) in [6.07, 6.45) is -4.53. The fourth-order valence-corrected chi connectivity index (χ4v) is 4.01. The van der Waals surface area contributed by atoms with Crippen molar-refractivity contribution >= 4 is 10.9 Å². The fourth-order valence-electron chi connectivity index (χ4n) is 4.01. The quantitative estimate of drug-likeness (QED) is 0.546. The molecule has 1 atom stereocenters. The first kappa shape index (κ1) is 21.3. The number of aliphatic hydroxyl groups is 1. The van der Waals surface area contributed by atoms with Crippen molar-refractivity contribution in [1.82, 2.24) is 9.97 Å².